The van der Waals surface area contributed by atoms with Crippen molar-refractivity contribution in [3.8, 4) is 17.1 Å². The summed E-state index contributed by atoms with van der Waals surface area (Å²) in [5, 5.41) is 1.14. The van der Waals surface area contributed by atoms with Crippen LogP contribution in [0.2, 0.25) is 5.02 Å². The number of rotatable bonds is 5. The highest BCUT2D eigenvalue weighted by molar-refractivity contribution is 6.30. The number of aryl methyl sites for hydroxylation is 1. The fraction of sp³-hybridized carbons (Fsp3) is 0.125. The number of hydrogen-bond acceptors (Lipinski definition) is 3. The Morgan fingerprint density at radius 3 is 2.39 bits per heavy atom. The third-order valence-corrected chi connectivity index (χ3v) is 4.91. The van der Waals surface area contributed by atoms with Gasteiger partial charge in [0, 0.05) is 10.6 Å². The Labute approximate surface area is 168 Å². The lowest BCUT2D eigenvalue weighted by Crippen LogP contribution is -2.10. The Kier molecular flexibility index (Phi) is 5.18. The van der Waals surface area contributed by atoms with Gasteiger partial charge >= 0.3 is 0 Å². The molecule has 0 saturated carbocycles. The van der Waals surface area contributed by atoms with E-state index in [2.05, 4.69) is 6.92 Å². The zero-order valence-corrected chi connectivity index (χ0v) is 16.2. The molecule has 0 fully saturated rings. The lowest BCUT2D eigenvalue weighted by atomic mass is 10.1. The molecule has 0 radical (unpaired) electrons. The van der Waals surface area contributed by atoms with Gasteiger partial charge in [0.2, 0.25) is 11.2 Å². The van der Waals surface area contributed by atoms with Crippen molar-refractivity contribution in [3.05, 3.63) is 99.2 Å². The number of ether oxygens (including phenoxy) is 1. The molecule has 0 aliphatic heterocycles. The predicted molar refractivity (Wildman–Crippen MR) is 113 cm³/mol. The molecule has 140 valence electrons. The van der Waals surface area contributed by atoms with Crippen molar-refractivity contribution >= 4 is 22.6 Å². The van der Waals surface area contributed by atoms with Gasteiger partial charge in [0.05, 0.1) is 5.39 Å². The average molecular weight is 391 g/mol. The number of fused-ring (bicyclic) bond motifs is 1. The van der Waals surface area contributed by atoms with Crippen LogP contribution in [0.3, 0.4) is 0 Å². The summed E-state index contributed by atoms with van der Waals surface area (Å²) >= 11 is 6.02. The van der Waals surface area contributed by atoms with Crippen LogP contribution in [0, 0.1) is 0 Å². The molecule has 4 aromatic rings. The van der Waals surface area contributed by atoms with E-state index >= 15 is 0 Å². The summed E-state index contributed by atoms with van der Waals surface area (Å²) in [5.41, 5.74) is 3.17. The summed E-state index contributed by atoms with van der Waals surface area (Å²) in [6, 6.07) is 22.6. The van der Waals surface area contributed by atoms with Gasteiger partial charge in [-0.1, -0.05) is 54.9 Å². The Morgan fingerprint density at radius 1 is 0.929 bits per heavy atom. The number of benzene rings is 3. The van der Waals surface area contributed by atoms with Crippen LogP contribution in [0.4, 0.5) is 0 Å². The van der Waals surface area contributed by atoms with E-state index in [0.29, 0.717) is 21.8 Å². The average Bonchev–Trinajstić information content (AvgIpc) is 2.74. The molecular weight excluding hydrogens is 372 g/mol. The molecule has 28 heavy (non-hydrogen) atoms. The van der Waals surface area contributed by atoms with Crippen molar-refractivity contribution in [2.45, 2.75) is 20.0 Å². The standard InChI is InChI=1S/C24H19ClO3/c1-2-16-8-13-21-20(14-16)22(26)24(27-15-17-6-4-3-5-7-17)23(28-21)18-9-11-19(25)12-10-18/h3-14H,2,15H2,1H3. The molecule has 0 saturated heterocycles. The first-order chi connectivity index (χ1) is 13.7. The molecule has 1 aromatic heterocycles. The smallest absolute Gasteiger partial charge is 0.235 e. The molecule has 0 aliphatic carbocycles. The highest BCUT2D eigenvalue weighted by atomic mass is 35.5. The van der Waals surface area contributed by atoms with Gasteiger partial charge in [-0.2, -0.15) is 0 Å². The summed E-state index contributed by atoms with van der Waals surface area (Å²) in [7, 11) is 0. The summed E-state index contributed by atoms with van der Waals surface area (Å²) in [6.07, 6.45) is 0.842. The third-order valence-electron chi connectivity index (χ3n) is 4.65. The van der Waals surface area contributed by atoms with Crippen LogP contribution < -0.4 is 10.2 Å². The van der Waals surface area contributed by atoms with Gasteiger partial charge in [-0.25, -0.2) is 0 Å². The molecule has 0 atom stereocenters. The summed E-state index contributed by atoms with van der Waals surface area (Å²) < 4.78 is 12.1. The van der Waals surface area contributed by atoms with Crippen molar-refractivity contribution in [1.82, 2.24) is 0 Å². The van der Waals surface area contributed by atoms with Crippen LogP contribution in [-0.4, -0.2) is 0 Å². The Morgan fingerprint density at radius 2 is 1.68 bits per heavy atom. The van der Waals surface area contributed by atoms with E-state index in [4.69, 9.17) is 20.8 Å². The molecule has 3 aromatic carbocycles. The van der Waals surface area contributed by atoms with E-state index in [1.54, 1.807) is 12.1 Å². The van der Waals surface area contributed by atoms with Crippen LogP contribution in [0.1, 0.15) is 18.1 Å². The zero-order valence-electron chi connectivity index (χ0n) is 15.4. The van der Waals surface area contributed by atoms with E-state index in [0.717, 1.165) is 23.1 Å². The molecule has 0 amide bonds. The van der Waals surface area contributed by atoms with Crippen LogP contribution in [-0.2, 0) is 13.0 Å². The highest BCUT2D eigenvalue weighted by Gasteiger charge is 2.18. The molecule has 0 bridgehead atoms. The molecule has 4 heteroatoms. The largest absolute Gasteiger partial charge is 0.481 e. The maximum Gasteiger partial charge on any atom is 0.235 e. The van der Waals surface area contributed by atoms with Crippen LogP contribution in [0.5, 0.6) is 5.75 Å². The van der Waals surface area contributed by atoms with Gasteiger partial charge in [-0.3, -0.25) is 4.79 Å². The van der Waals surface area contributed by atoms with Crippen molar-refractivity contribution in [2.75, 3.05) is 0 Å². The fourth-order valence-electron chi connectivity index (χ4n) is 3.10. The summed E-state index contributed by atoms with van der Waals surface area (Å²) in [4.78, 5) is 13.3. The molecular formula is C24H19ClO3. The maximum absolute atomic E-state index is 13.3. The van der Waals surface area contributed by atoms with E-state index in [1.165, 1.54) is 0 Å². The summed E-state index contributed by atoms with van der Waals surface area (Å²) in [6.45, 7) is 2.34. The van der Waals surface area contributed by atoms with Crippen LogP contribution in [0.15, 0.2) is 82.0 Å². The minimum atomic E-state index is -0.169. The first kappa shape index (κ1) is 18.3. The van der Waals surface area contributed by atoms with Crippen molar-refractivity contribution in [1.29, 1.82) is 0 Å². The second kappa shape index (κ2) is 7.91. The SMILES string of the molecule is CCc1ccc2oc(-c3ccc(Cl)cc3)c(OCc3ccccc3)c(=O)c2c1. The van der Waals surface area contributed by atoms with Crippen molar-refractivity contribution < 1.29 is 9.15 Å². The molecule has 0 unspecified atom stereocenters. The minimum absolute atomic E-state index is 0.169. The summed E-state index contributed by atoms with van der Waals surface area (Å²) in [5.74, 6) is 0.626. The van der Waals surface area contributed by atoms with Crippen molar-refractivity contribution in [2.24, 2.45) is 0 Å². The zero-order chi connectivity index (χ0) is 19.5. The van der Waals surface area contributed by atoms with E-state index in [1.807, 2.05) is 60.7 Å². The quantitative estimate of drug-likeness (QED) is 0.404. The van der Waals surface area contributed by atoms with Gasteiger partial charge in [-0.15, -0.1) is 0 Å². The van der Waals surface area contributed by atoms with Gasteiger partial charge < -0.3 is 9.15 Å². The first-order valence-corrected chi connectivity index (χ1v) is 9.56. The Hall–Kier alpha value is -3.04. The van der Waals surface area contributed by atoms with Gasteiger partial charge in [0.25, 0.3) is 0 Å². The third kappa shape index (κ3) is 3.67. The molecule has 0 aliphatic rings. The molecule has 3 nitrogen and oxygen atoms in total. The second-order valence-corrected chi connectivity index (χ2v) is 6.99. The molecule has 0 spiro atoms. The van der Waals surface area contributed by atoms with E-state index in [9.17, 15) is 4.79 Å². The number of halogens is 1. The van der Waals surface area contributed by atoms with E-state index in [-0.39, 0.29) is 17.8 Å². The second-order valence-electron chi connectivity index (χ2n) is 6.55. The molecule has 0 N–H and O–H groups in total. The molecule has 4 rings (SSSR count). The Bertz CT molecular complexity index is 1160. The maximum atomic E-state index is 13.3. The van der Waals surface area contributed by atoms with Gasteiger partial charge in [-0.05, 0) is 53.9 Å². The minimum Gasteiger partial charge on any atom is -0.481 e. The first-order valence-electron chi connectivity index (χ1n) is 9.18. The van der Waals surface area contributed by atoms with Crippen LogP contribution in [0.25, 0.3) is 22.3 Å². The van der Waals surface area contributed by atoms with Gasteiger partial charge in [0.15, 0.2) is 5.76 Å². The lowest BCUT2D eigenvalue weighted by molar-refractivity contribution is 0.298. The highest BCUT2D eigenvalue weighted by Crippen LogP contribution is 2.32. The van der Waals surface area contributed by atoms with Crippen LogP contribution >= 0.6 is 11.6 Å². The monoisotopic (exact) mass is 390 g/mol. The number of hydrogen-bond donors (Lipinski definition) is 0. The predicted octanol–water partition coefficient (Wildman–Crippen LogP) is 6.25. The normalized spacial score (nSPS) is 10.9. The molecule has 1 heterocycles. The topological polar surface area (TPSA) is 39.4 Å². The lowest BCUT2D eigenvalue weighted by Gasteiger charge is -2.12. The van der Waals surface area contributed by atoms with Crippen molar-refractivity contribution in [3.63, 3.8) is 0 Å². The Balaban J connectivity index is 1.87. The van der Waals surface area contributed by atoms with Gasteiger partial charge in [0.1, 0.15) is 12.2 Å². The van der Waals surface area contributed by atoms with E-state index < -0.39 is 0 Å². The fourth-order valence-corrected chi connectivity index (χ4v) is 3.22.